The Bertz CT molecular complexity index is 1200. The zero-order chi connectivity index (χ0) is 20.6. The second kappa shape index (κ2) is 7.13. The summed E-state index contributed by atoms with van der Waals surface area (Å²) in [4.78, 5) is 21.5. The normalized spacial score (nSPS) is 11.6. The van der Waals surface area contributed by atoms with Crippen molar-refractivity contribution in [3.05, 3.63) is 66.7 Å². The highest BCUT2D eigenvalue weighted by Gasteiger charge is 2.20. The second-order valence-electron chi connectivity index (χ2n) is 7.91. The number of carbonyl (C=O) groups is 1. The van der Waals surface area contributed by atoms with Crippen LogP contribution in [0.15, 0.2) is 61.1 Å². The topological polar surface area (TPSA) is 69.9 Å². The number of aromatic nitrogens is 4. The molecule has 146 valence electrons. The van der Waals surface area contributed by atoms with Gasteiger partial charge in [0.05, 0.1) is 17.4 Å². The van der Waals surface area contributed by atoms with Gasteiger partial charge in [-0.3, -0.25) is 9.97 Å². The first kappa shape index (κ1) is 18.8. The number of hydrogen-bond donors (Lipinski definition) is 0. The minimum Gasteiger partial charge on any atom is -0.442 e. The van der Waals surface area contributed by atoms with E-state index in [0.29, 0.717) is 0 Å². The van der Waals surface area contributed by atoms with Crippen molar-refractivity contribution in [1.29, 1.82) is 0 Å². The average molecular weight is 386 g/mol. The molecular formula is C23H22N4O2. The van der Waals surface area contributed by atoms with E-state index in [1.54, 1.807) is 18.6 Å². The van der Waals surface area contributed by atoms with Crippen LogP contribution in [-0.4, -0.2) is 31.4 Å². The molecule has 0 atom stereocenters. The van der Waals surface area contributed by atoms with Gasteiger partial charge in [0.25, 0.3) is 0 Å². The maximum absolute atomic E-state index is 12.3. The number of nitrogens with zero attached hydrogens (tertiary/aromatic N) is 4. The van der Waals surface area contributed by atoms with E-state index in [1.807, 2.05) is 70.2 Å². The Labute approximate surface area is 169 Å². The van der Waals surface area contributed by atoms with Crippen molar-refractivity contribution in [1.82, 2.24) is 19.7 Å². The lowest BCUT2D eigenvalue weighted by Crippen LogP contribution is -2.27. The second-order valence-corrected chi connectivity index (χ2v) is 7.91. The summed E-state index contributed by atoms with van der Waals surface area (Å²) in [7, 11) is 0. The molecule has 0 bridgehead atoms. The highest BCUT2D eigenvalue weighted by molar-refractivity contribution is 5.88. The van der Waals surface area contributed by atoms with Gasteiger partial charge in [0.1, 0.15) is 5.60 Å². The van der Waals surface area contributed by atoms with Crippen molar-refractivity contribution in [3.63, 3.8) is 0 Å². The van der Waals surface area contributed by atoms with E-state index in [1.165, 1.54) is 4.68 Å². The molecule has 0 saturated carbocycles. The average Bonchev–Trinajstić information content (AvgIpc) is 3.16. The fraction of sp³-hybridized carbons (Fsp3) is 0.217. The molecule has 4 aromatic rings. The smallest absolute Gasteiger partial charge is 0.435 e. The van der Waals surface area contributed by atoms with Gasteiger partial charge in [-0.2, -0.15) is 9.78 Å². The number of pyridine rings is 2. The molecule has 0 N–H and O–H groups in total. The lowest BCUT2D eigenvalue weighted by atomic mass is 10.00. The van der Waals surface area contributed by atoms with E-state index in [0.717, 1.165) is 39.0 Å². The van der Waals surface area contributed by atoms with Gasteiger partial charge in [0.2, 0.25) is 0 Å². The molecule has 3 aromatic heterocycles. The molecule has 0 aliphatic heterocycles. The van der Waals surface area contributed by atoms with Crippen molar-refractivity contribution in [3.8, 4) is 22.4 Å². The van der Waals surface area contributed by atoms with Crippen LogP contribution in [0.4, 0.5) is 4.79 Å². The van der Waals surface area contributed by atoms with Crippen LogP contribution in [0, 0.1) is 6.92 Å². The SMILES string of the molecule is Cc1ccc(-c2cnn(C(=O)OC(C)(C)C)c2)c(-c2ccc3cccnc3c2)n1. The van der Waals surface area contributed by atoms with Crippen LogP contribution in [0.25, 0.3) is 33.3 Å². The number of ether oxygens (including phenoxy) is 1. The third-order valence-corrected chi connectivity index (χ3v) is 4.39. The van der Waals surface area contributed by atoms with E-state index in [4.69, 9.17) is 9.72 Å². The first-order valence-electron chi connectivity index (χ1n) is 9.41. The number of benzene rings is 1. The third-order valence-electron chi connectivity index (χ3n) is 4.39. The van der Waals surface area contributed by atoms with Crippen LogP contribution in [0.1, 0.15) is 26.5 Å². The molecule has 4 rings (SSSR count). The Morgan fingerprint density at radius 1 is 1.07 bits per heavy atom. The fourth-order valence-corrected chi connectivity index (χ4v) is 3.09. The molecule has 0 saturated heterocycles. The summed E-state index contributed by atoms with van der Waals surface area (Å²) in [6, 6.07) is 14.0. The van der Waals surface area contributed by atoms with Gasteiger partial charge in [-0.15, -0.1) is 0 Å². The maximum Gasteiger partial charge on any atom is 0.435 e. The van der Waals surface area contributed by atoms with E-state index in [9.17, 15) is 4.79 Å². The summed E-state index contributed by atoms with van der Waals surface area (Å²) >= 11 is 0. The van der Waals surface area contributed by atoms with Crippen molar-refractivity contribution < 1.29 is 9.53 Å². The molecule has 0 aliphatic carbocycles. The Hall–Kier alpha value is -3.54. The molecule has 0 spiro atoms. The third kappa shape index (κ3) is 4.01. The number of hydrogen-bond acceptors (Lipinski definition) is 5. The summed E-state index contributed by atoms with van der Waals surface area (Å²) in [5.74, 6) is 0. The molecule has 6 heteroatoms. The fourth-order valence-electron chi connectivity index (χ4n) is 3.09. The monoisotopic (exact) mass is 386 g/mol. The van der Waals surface area contributed by atoms with Gasteiger partial charge < -0.3 is 4.74 Å². The molecule has 6 nitrogen and oxygen atoms in total. The number of fused-ring (bicyclic) bond motifs is 1. The minimum atomic E-state index is -0.585. The van der Waals surface area contributed by atoms with Gasteiger partial charge in [-0.1, -0.05) is 24.3 Å². The minimum absolute atomic E-state index is 0.514. The summed E-state index contributed by atoms with van der Waals surface area (Å²) in [5, 5.41) is 5.26. The Kier molecular flexibility index (Phi) is 4.62. The molecular weight excluding hydrogens is 364 g/mol. The van der Waals surface area contributed by atoms with Crippen LogP contribution in [0.5, 0.6) is 0 Å². The zero-order valence-corrected chi connectivity index (χ0v) is 16.9. The molecule has 0 fully saturated rings. The lowest BCUT2D eigenvalue weighted by molar-refractivity contribution is 0.0514. The highest BCUT2D eigenvalue weighted by Crippen LogP contribution is 2.32. The zero-order valence-electron chi connectivity index (χ0n) is 16.9. The van der Waals surface area contributed by atoms with Crippen LogP contribution in [0.2, 0.25) is 0 Å². The molecule has 0 radical (unpaired) electrons. The van der Waals surface area contributed by atoms with E-state index >= 15 is 0 Å². The largest absolute Gasteiger partial charge is 0.442 e. The highest BCUT2D eigenvalue weighted by atomic mass is 16.6. The lowest BCUT2D eigenvalue weighted by Gasteiger charge is -2.18. The van der Waals surface area contributed by atoms with Gasteiger partial charge in [0, 0.05) is 40.2 Å². The van der Waals surface area contributed by atoms with Crippen LogP contribution in [-0.2, 0) is 4.74 Å². The van der Waals surface area contributed by atoms with Crippen molar-refractivity contribution in [2.75, 3.05) is 0 Å². The Morgan fingerprint density at radius 3 is 2.69 bits per heavy atom. The summed E-state index contributed by atoms with van der Waals surface area (Å²) in [5.41, 5.74) is 4.69. The maximum atomic E-state index is 12.3. The molecule has 0 unspecified atom stereocenters. The Balaban J connectivity index is 1.77. The molecule has 0 amide bonds. The van der Waals surface area contributed by atoms with E-state index in [2.05, 4.69) is 10.1 Å². The van der Waals surface area contributed by atoms with Crippen molar-refractivity contribution in [2.24, 2.45) is 0 Å². The van der Waals surface area contributed by atoms with Crippen LogP contribution < -0.4 is 0 Å². The van der Waals surface area contributed by atoms with Crippen molar-refractivity contribution in [2.45, 2.75) is 33.3 Å². The molecule has 0 aliphatic rings. The number of rotatable bonds is 2. The summed E-state index contributed by atoms with van der Waals surface area (Å²) < 4.78 is 6.61. The van der Waals surface area contributed by atoms with Crippen LogP contribution >= 0.6 is 0 Å². The first-order chi connectivity index (χ1) is 13.8. The summed E-state index contributed by atoms with van der Waals surface area (Å²) in [6.45, 7) is 7.43. The molecule has 1 aromatic carbocycles. The Morgan fingerprint density at radius 2 is 1.90 bits per heavy atom. The molecule has 29 heavy (non-hydrogen) atoms. The number of aryl methyl sites for hydroxylation is 1. The van der Waals surface area contributed by atoms with Gasteiger partial charge >= 0.3 is 6.09 Å². The standard InChI is InChI=1S/C23H22N4O2/c1-15-7-10-19(18-13-25-27(14-18)22(28)29-23(2,3)4)21(26-15)17-9-8-16-6-5-11-24-20(16)12-17/h5-14H,1-4H3. The van der Waals surface area contributed by atoms with Gasteiger partial charge in [-0.05, 0) is 45.9 Å². The molecule has 3 heterocycles. The first-order valence-corrected chi connectivity index (χ1v) is 9.41. The van der Waals surface area contributed by atoms with E-state index in [-0.39, 0.29) is 0 Å². The predicted octanol–water partition coefficient (Wildman–Crippen LogP) is 5.25. The van der Waals surface area contributed by atoms with Gasteiger partial charge in [0.15, 0.2) is 0 Å². The quantitative estimate of drug-likeness (QED) is 0.470. The van der Waals surface area contributed by atoms with E-state index < -0.39 is 11.7 Å². The predicted molar refractivity (Wildman–Crippen MR) is 113 cm³/mol. The van der Waals surface area contributed by atoms with Crippen LogP contribution in [0.3, 0.4) is 0 Å². The van der Waals surface area contributed by atoms with Crippen molar-refractivity contribution >= 4 is 17.0 Å². The van der Waals surface area contributed by atoms with Gasteiger partial charge in [-0.25, -0.2) is 4.79 Å². The number of carbonyl (C=O) groups excluding carboxylic acids is 1. The summed E-state index contributed by atoms with van der Waals surface area (Å²) in [6.07, 6.45) is 4.59.